The summed E-state index contributed by atoms with van der Waals surface area (Å²) in [7, 11) is 1.57. The summed E-state index contributed by atoms with van der Waals surface area (Å²) in [5.41, 5.74) is 2.40. The molecule has 0 N–H and O–H groups in total. The van der Waals surface area contributed by atoms with Crippen LogP contribution in [0.2, 0.25) is 0 Å². The van der Waals surface area contributed by atoms with Gasteiger partial charge in [0.25, 0.3) is 0 Å². The van der Waals surface area contributed by atoms with Gasteiger partial charge in [-0.2, -0.15) is 0 Å². The van der Waals surface area contributed by atoms with Crippen LogP contribution in [0.25, 0.3) is 6.08 Å². The Balaban J connectivity index is 1.58. The van der Waals surface area contributed by atoms with E-state index < -0.39 is 0 Å². The number of hydrogen-bond acceptors (Lipinski definition) is 4. The third-order valence-corrected chi connectivity index (χ3v) is 6.24. The second-order valence-corrected chi connectivity index (χ2v) is 8.31. The molecule has 29 heavy (non-hydrogen) atoms. The predicted molar refractivity (Wildman–Crippen MR) is 116 cm³/mol. The summed E-state index contributed by atoms with van der Waals surface area (Å²) in [4.78, 5) is 14.3. The minimum Gasteiger partial charge on any atom is -0.493 e. The highest BCUT2D eigenvalue weighted by atomic mass is 79.9. The lowest BCUT2D eigenvalue weighted by molar-refractivity contribution is 0.104. The Morgan fingerprint density at radius 1 is 1.07 bits per heavy atom. The number of benzene rings is 3. The molecule has 0 fully saturated rings. The Morgan fingerprint density at radius 3 is 2.55 bits per heavy atom. The number of halogens is 2. The average molecular weight is 471 g/mol. The van der Waals surface area contributed by atoms with Crippen molar-refractivity contribution in [2.75, 3.05) is 7.11 Å². The molecule has 0 saturated carbocycles. The SMILES string of the molecule is COc1cc(C=C2Sc3ccccc3C2=O)c(Br)cc1OCc1ccc(F)cc1. The van der Waals surface area contributed by atoms with E-state index in [-0.39, 0.29) is 18.2 Å². The summed E-state index contributed by atoms with van der Waals surface area (Å²) >= 11 is 5.02. The van der Waals surface area contributed by atoms with Gasteiger partial charge < -0.3 is 9.47 Å². The van der Waals surface area contributed by atoms with Crippen LogP contribution in [0.15, 0.2) is 74.9 Å². The number of carbonyl (C=O) groups is 1. The van der Waals surface area contributed by atoms with Gasteiger partial charge in [0.15, 0.2) is 11.5 Å². The molecule has 1 aliphatic heterocycles. The van der Waals surface area contributed by atoms with Crippen LogP contribution >= 0.6 is 27.7 Å². The van der Waals surface area contributed by atoms with Crippen LogP contribution in [-0.2, 0) is 6.61 Å². The summed E-state index contributed by atoms with van der Waals surface area (Å²) in [6.07, 6.45) is 1.85. The second-order valence-electron chi connectivity index (χ2n) is 6.38. The van der Waals surface area contributed by atoms with Gasteiger partial charge in [0, 0.05) is 14.9 Å². The zero-order valence-electron chi connectivity index (χ0n) is 15.4. The number of thioether (sulfide) groups is 1. The topological polar surface area (TPSA) is 35.5 Å². The number of carbonyl (C=O) groups excluding carboxylic acids is 1. The fourth-order valence-corrected chi connectivity index (χ4v) is 4.43. The van der Waals surface area contributed by atoms with E-state index in [1.165, 1.54) is 23.9 Å². The zero-order chi connectivity index (χ0) is 20.4. The number of Topliss-reactive ketones (excluding diaryl/α,β-unsaturated/α-hetero) is 1. The van der Waals surface area contributed by atoms with E-state index in [4.69, 9.17) is 9.47 Å². The van der Waals surface area contributed by atoms with E-state index in [1.807, 2.05) is 42.5 Å². The molecule has 4 rings (SSSR count). The molecule has 6 heteroatoms. The van der Waals surface area contributed by atoms with Crippen molar-refractivity contribution in [3.05, 3.63) is 92.5 Å². The van der Waals surface area contributed by atoms with E-state index in [1.54, 1.807) is 19.2 Å². The lowest BCUT2D eigenvalue weighted by Gasteiger charge is -2.13. The van der Waals surface area contributed by atoms with Crippen molar-refractivity contribution in [2.45, 2.75) is 11.5 Å². The third kappa shape index (κ3) is 4.23. The maximum Gasteiger partial charge on any atom is 0.200 e. The predicted octanol–water partition coefficient (Wildman–Crippen LogP) is 6.51. The number of fused-ring (bicyclic) bond motifs is 1. The van der Waals surface area contributed by atoms with E-state index in [0.717, 1.165) is 26.1 Å². The molecule has 3 aromatic rings. The molecule has 0 unspecified atom stereocenters. The summed E-state index contributed by atoms with van der Waals surface area (Å²) < 4.78 is 25.2. The smallest absolute Gasteiger partial charge is 0.200 e. The van der Waals surface area contributed by atoms with Gasteiger partial charge in [-0.05, 0) is 53.6 Å². The molecule has 0 saturated heterocycles. The summed E-state index contributed by atoms with van der Waals surface area (Å²) in [5.74, 6) is 0.843. The largest absolute Gasteiger partial charge is 0.493 e. The van der Waals surface area contributed by atoms with Gasteiger partial charge in [-0.3, -0.25) is 4.79 Å². The molecule has 3 aromatic carbocycles. The Labute approximate surface area is 180 Å². The molecule has 0 aliphatic carbocycles. The average Bonchev–Trinajstić information content (AvgIpc) is 3.05. The first-order chi connectivity index (χ1) is 14.0. The van der Waals surface area contributed by atoms with E-state index >= 15 is 0 Å². The van der Waals surface area contributed by atoms with Crippen molar-refractivity contribution < 1.29 is 18.7 Å². The van der Waals surface area contributed by atoms with Crippen molar-refractivity contribution in [1.82, 2.24) is 0 Å². The number of ether oxygens (including phenoxy) is 2. The Hall–Kier alpha value is -2.57. The van der Waals surface area contributed by atoms with Gasteiger partial charge in [0.1, 0.15) is 12.4 Å². The van der Waals surface area contributed by atoms with Crippen LogP contribution in [0.5, 0.6) is 11.5 Å². The number of methoxy groups -OCH3 is 1. The van der Waals surface area contributed by atoms with Crippen molar-refractivity contribution in [1.29, 1.82) is 0 Å². The minimum atomic E-state index is -0.284. The van der Waals surface area contributed by atoms with E-state index in [9.17, 15) is 9.18 Å². The van der Waals surface area contributed by atoms with Gasteiger partial charge in [-0.1, -0.05) is 52.0 Å². The first kappa shape index (κ1) is 19.7. The molecular weight excluding hydrogens is 455 g/mol. The summed E-state index contributed by atoms with van der Waals surface area (Å²) in [5, 5.41) is 0. The van der Waals surface area contributed by atoms with Gasteiger partial charge in [0.05, 0.1) is 12.0 Å². The Morgan fingerprint density at radius 2 is 1.83 bits per heavy atom. The molecule has 1 heterocycles. The quantitative estimate of drug-likeness (QED) is 0.398. The van der Waals surface area contributed by atoms with E-state index in [0.29, 0.717) is 16.4 Å². The lowest BCUT2D eigenvalue weighted by atomic mass is 10.1. The number of ketones is 1. The highest BCUT2D eigenvalue weighted by Gasteiger charge is 2.25. The first-order valence-electron chi connectivity index (χ1n) is 8.83. The molecule has 0 radical (unpaired) electrons. The molecule has 0 spiro atoms. The van der Waals surface area contributed by atoms with Crippen LogP contribution in [0, 0.1) is 5.82 Å². The first-order valence-corrected chi connectivity index (χ1v) is 10.4. The lowest BCUT2D eigenvalue weighted by Crippen LogP contribution is -1.99. The van der Waals surface area contributed by atoms with Crippen LogP contribution < -0.4 is 9.47 Å². The molecule has 0 aromatic heterocycles. The standard InChI is InChI=1S/C23H16BrFO3S/c1-27-19-10-15(11-22-23(26)17-4-2-3-5-21(17)29-22)18(24)12-20(19)28-13-14-6-8-16(25)9-7-14/h2-12H,13H2,1H3. The molecule has 0 bridgehead atoms. The maximum atomic E-state index is 13.0. The van der Waals surface area contributed by atoms with Crippen molar-refractivity contribution in [3.63, 3.8) is 0 Å². The van der Waals surface area contributed by atoms with Crippen LogP contribution in [-0.4, -0.2) is 12.9 Å². The van der Waals surface area contributed by atoms with Crippen molar-refractivity contribution in [2.24, 2.45) is 0 Å². The third-order valence-electron chi connectivity index (χ3n) is 4.45. The van der Waals surface area contributed by atoms with Crippen molar-refractivity contribution >= 4 is 39.6 Å². The molecular formula is C23H16BrFO3S. The van der Waals surface area contributed by atoms with Gasteiger partial charge in [-0.25, -0.2) is 4.39 Å². The van der Waals surface area contributed by atoms with Crippen molar-refractivity contribution in [3.8, 4) is 11.5 Å². The fourth-order valence-electron chi connectivity index (χ4n) is 2.95. The monoisotopic (exact) mass is 470 g/mol. The number of allylic oxidation sites excluding steroid dienone is 1. The summed E-state index contributed by atoms with van der Waals surface area (Å²) in [6, 6.07) is 17.4. The fraction of sp³-hybridized carbons (Fsp3) is 0.0870. The Bertz CT molecular complexity index is 1110. The van der Waals surface area contributed by atoms with Crippen LogP contribution in [0.1, 0.15) is 21.5 Å². The molecule has 1 aliphatic rings. The molecule has 0 amide bonds. The summed E-state index contributed by atoms with van der Waals surface area (Å²) in [6.45, 7) is 0.285. The molecule has 0 atom stereocenters. The highest BCUT2D eigenvalue weighted by Crippen LogP contribution is 2.42. The maximum absolute atomic E-state index is 13.0. The van der Waals surface area contributed by atoms with Crippen LogP contribution in [0.3, 0.4) is 0 Å². The van der Waals surface area contributed by atoms with Crippen LogP contribution in [0.4, 0.5) is 4.39 Å². The molecule has 146 valence electrons. The number of hydrogen-bond donors (Lipinski definition) is 0. The zero-order valence-corrected chi connectivity index (χ0v) is 17.8. The second kappa shape index (κ2) is 8.43. The minimum absolute atomic E-state index is 0.0214. The highest BCUT2D eigenvalue weighted by molar-refractivity contribution is 9.10. The van der Waals surface area contributed by atoms with E-state index in [2.05, 4.69) is 15.9 Å². The normalized spacial score (nSPS) is 14.2. The van der Waals surface area contributed by atoms with Gasteiger partial charge in [-0.15, -0.1) is 0 Å². The number of rotatable bonds is 5. The Kier molecular flexibility index (Phi) is 5.74. The van der Waals surface area contributed by atoms with Gasteiger partial charge in [0.2, 0.25) is 5.78 Å². The van der Waals surface area contributed by atoms with Gasteiger partial charge >= 0.3 is 0 Å². The molecule has 3 nitrogen and oxygen atoms in total.